The van der Waals surface area contributed by atoms with Crippen molar-refractivity contribution in [2.45, 2.75) is 69.1 Å². The number of benzene rings is 1. The summed E-state index contributed by atoms with van der Waals surface area (Å²) in [4.78, 5) is 41.2. The molecule has 0 radical (unpaired) electrons. The lowest BCUT2D eigenvalue weighted by atomic mass is 10.0. The van der Waals surface area contributed by atoms with Gasteiger partial charge in [-0.15, -0.1) is 0 Å². The Labute approximate surface area is 190 Å². The Kier molecular flexibility index (Phi) is 6.97. The molecule has 176 valence electrons. The summed E-state index contributed by atoms with van der Waals surface area (Å²) < 4.78 is 26.2. The number of nitrogens with zero attached hydrogens (tertiary/aromatic N) is 2. The zero-order chi connectivity index (χ0) is 23.7. The number of carbonyl (C=O) groups is 3. The third-order valence-corrected chi connectivity index (χ3v) is 9.05. The Morgan fingerprint density at radius 1 is 0.969 bits per heavy atom. The maximum atomic E-state index is 13.8. The van der Waals surface area contributed by atoms with Crippen molar-refractivity contribution in [3.63, 3.8) is 0 Å². The monoisotopic (exact) mass is 463 g/mol. The summed E-state index contributed by atoms with van der Waals surface area (Å²) in [5.74, 6) is -1.66. The zero-order valence-corrected chi connectivity index (χ0v) is 20.1. The fraction of sp³-hybridized carbons (Fsp3) is 0.609. The second kappa shape index (κ2) is 9.21. The summed E-state index contributed by atoms with van der Waals surface area (Å²) in [5, 5.41) is 2.58. The molecule has 1 aliphatic heterocycles. The summed E-state index contributed by atoms with van der Waals surface area (Å²) in [6, 6.07) is 5.15. The van der Waals surface area contributed by atoms with Gasteiger partial charge >= 0.3 is 11.8 Å². The molecule has 8 nitrogen and oxygen atoms in total. The molecule has 1 saturated heterocycles. The van der Waals surface area contributed by atoms with Gasteiger partial charge in [0.05, 0.1) is 4.90 Å². The van der Waals surface area contributed by atoms with Gasteiger partial charge in [-0.05, 0) is 57.7 Å². The first kappa shape index (κ1) is 24.2. The highest BCUT2D eigenvalue weighted by Crippen LogP contribution is 2.43. The van der Waals surface area contributed by atoms with Crippen LogP contribution in [0.5, 0.6) is 0 Å². The lowest BCUT2D eigenvalue weighted by molar-refractivity contribution is -0.149. The Morgan fingerprint density at radius 3 is 2.09 bits per heavy atom. The van der Waals surface area contributed by atoms with Crippen LogP contribution in [-0.4, -0.2) is 72.9 Å². The normalized spacial score (nSPS) is 18.7. The maximum Gasteiger partial charge on any atom is 0.312 e. The molecule has 1 aromatic carbocycles. The molecule has 2 aliphatic rings. The number of sulfone groups is 1. The van der Waals surface area contributed by atoms with Crippen molar-refractivity contribution in [2.75, 3.05) is 26.2 Å². The fourth-order valence-electron chi connectivity index (χ4n) is 4.62. The van der Waals surface area contributed by atoms with Crippen LogP contribution in [0.2, 0.25) is 0 Å². The lowest BCUT2D eigenvalue weighted by Gasteiger charge is -2.39. The van der Waals surface area contributed by atoms with E-state index in [1.165, 1.54) is 4.90 Å². The molecule has 3 rings (SSSR count). The number of hydrogen-bond acceptors (Lipinski definition) is 5. The van der Waals surface area contributed by atoms with E-state index in [0.717, 1.165) is 5.56 Å². The number of amides is 3. The van der Waals surface area contributed by atoms with Gasteiger partial charge in [0.2, 0.25) is 5.91 Å². The highest BCUT2D eigenvalue weighted by Gasteiger charge is 2.55. The number of nitrogens with one attached hydrogen (secondary N) is 1. The van der Waals surface area contributed by atoms with Crippen LogP contribution in [0.1, 0.15) is 50.7 Å². The van der Waals surface area contributed by atoms with E-state index in [4.69, 9.17) is 0 Å². The molecule has 1 N–H and O–H groups in total. The van der Waals surface area contributed by atoms with Gasteiger partial charge in [0.15, 0.2) is 14.6 Å². The van der Waals surface area contributed by atoms with Gasteiger partial charge in [-0.25, -0.2) is 8.42 Å². The topological polar surface area (TPSA) is 104 Å². The molecular formula is C23H33N3O5S. The third-order valence-electron chi connectivity index (χ3n) is 6.42. The van der Waals surface area contributed by atoms with Crippen LogP contribution in [0.25, 0.3) is 0 Å². The lowest BCUT2D eigenvalue weighted by Crippen LogP contribution is -2.59. The van der Waals surface area contributed by atoms with Gasteiger partial charge in [0, 0.05) is 32.2 Å². The third kappa shape index (κ3) is 4.40. The van der Waals surface area contributed by atoms with Crippen LogP contribution in [-0.2, 0) is 24.2 Å². The molecule has 0 aromatic heterocycles. The summed E-state index contributed by atoms with van der Waals surface area (Å²) in [7, 11) is -3.89. The largest absolute Gasteiger partial charge is 0.346 e. The highest BCUT2D eigenvalue weighted by atomic mass is 32.2. The van der Waals surface area contributed by atoms with E-state index in [0.29, 0.717) is 31.2 Å². The SMILES string of the molecule is Cc1ccc(C)c(S(=O)(=O)C2(C(=O)N3CCN(C(=O)C(=O)NC(C)C)CC3)CCCC2)c1. The molecule has 1 aromatic rings. The van der Waals surface area contributed by atoms with Crippen LogP contribution < -0.4 is 5.32 Å². The maximum absolute atomic E-state index is 13.8. The minimum Gasteiger partial charge on any atom is -0.346 e. The van der Waals surface area contributed by atoms with E-state index >= 15 is 0 Å². The first-order valence-corrected chi connectivity index (χ1v) is 12.7. The highest BCUT2D eigenvalue weighted by molar-refractivity contribution is 7.93. The van der Waals surface area contributed by atoms with Crippen molar-refractivity contribution in [1.29, 1.82) is 0 Å². The van der Waals surface area contributed by atoms with Crippen LogP contribution in [0.3, 0.4) is 0 Å². The van der Waals surface area contributed by atoms with E-state index in [9.17, 15) is 22.8 Å². The van der Waals surface area contributed by atoms with Crippen molar-refractivity contribution < 1.29 is 22.8 Å². The second-order valence-electron chi connectivity index (χ2n) is 9.19. The van der Waals surface area contributed by atoms with Crippen LogP contribution in [0.4, 0.5) is 0 Å². The molecule has 0 atom stereocenters. The van der Waals surface area contributed by atoms with Crippen molar-refractivity contribution in [2.24, 2.45) is 0 Å². The van der Waals surface area contributed by atoms with Crippen molar-refractivity contribution >= 4 is 27.6 Å². The Bertz CT molecular complexity index is 1000. The van der Waals surface area contributed by atoms with Gasteiger partial charge in [0.25, 0.3) is 0 Å². The first-order chi connectivity index (χ1) is 15.0. The zero-order valence-electron chi connectivity index (χ0n) is 19.3. The van der Waals surface area contributed by atoms with Crippen LogP contribution >= 0.6 is 0 Å². The second-order valence-corrected chi connectivity index (χ2v) is 11.4. The van der Waals surface area contributed by atoms with Gasteiger partial charge < -0.3 is 15.1 Å². The standard InChI is InChI=1S/C23H33N3O5S/c1-16(2)24-20(27)21(28)25-11-13-26(14-12-25)22(29)23(9-5-6-10-23)32(30,31)19-15-17(3)7-8-18(19)4/h7-8,15-16H,5-6,9-14H2,1-4H3,(H,24,27). The van der Waals surface area contributed by atoms with Crippen LogP contribution in [0.15, 0.2) is 23.1 Å². The molecule has 9 heteroatoms. The molecule has 0 unspecified atom stereocenters. The van der Waals surface area contributed by atoms with Crippen molar-refractivity contribution in [3.05, 3.63) is 29.3 Å². The molecule has 3 amide bonds. The molecule has 1 saturated carbocycles. The summed E-state index contributed by atoms with van der Waals surface area (Å²) >= 11 is 0. The van der Waals surface area contributed by atoms with Crippen LogP contribution in [0, 0.1) is 13.8 Å². The Balaban J connectivity index is 1.80. The predicted octanol–water partition coefficient (Wildman–Crippen LogP) is 1.59. The number of piperazine rings is 1. The first-order valence-electron chi connectivity index (χ1n) is 11.2. The molecule has 0 spiro atoms. The number of aryl methyl sites for hydroxylation is 2. The van der Waals surface area contributed by atoms with Gasteiger partial charge in [0.1, 0.15) is 0 Å². The fourth-order valence-corrected chi connectivity index (χ4v) is 7.06. The molecule has 1 aliphatic carbocycles. The quantitative estimate of drug-likeness (QED) is 0.683. The summed E-state index contributed by atoms with van der Waals surface area (Å²) in [6.07, 6.45) is 1.97. The van der Waals surface area contributed by atoms with E-state index in [1.54, 1.807) is 37.8 Å². The minimum atomic E-state index is -3.89. The van der Waals surface area contributed by atoms with Gasteiger partial charge in [-0.2, -0.15) is 0 Å². The molecular weight excluding hydrogens is 430 g/mol. The minimum absolute atomic E-state index is 0.146. The predicted molar refractivity (Wildman–Crippen MR) is 121 cm³/mol. The van der Waals surface area contributed by atoms with E-state index < -0.39 is 26.4 Å². The Hall–Kier alpha value is -2.42. The van der Waals surface area contributed by atoms with Gasteiger partial charge in [-0.3, -0.25) is 14.4 Å². The van der Waals surface area contributed by atoms with Gasteiger partial charge in [-0.1, -0.05) is 25.0 Å². The average molecular weight is 464 g/mol. The van der Waals surface area contributed by atoms with E-state index in [-0.39, 0.29) is 43.0 Å². The summed E-state index contributed by atoms with van der Waals surface area (Å²) in [6.45, 7) is 7.98. The van der Waals surface area contributed by atoms with Crippen molar-refractivity contribution in [1.82, 2.24) is 15.1 Å². The Morgan fingerprint density at radius 2 is 1.53 bits per heavy atom. The number of rotatable bonds is 4. The average Bonchev–Trinajstić information content (AvgIpc) is 3.26. The molecule has 2 fully saturated rings. The molecule has 1 heterocycles. The number of carbonyl (C=O) groups excluding carboxylic acids is 3. The van der Waals surface area contributed by atoms with Crippen molar-refractivity contribution in [3.8, 4) is 0 Å². The van der Waals surface area contributed by atoms with E-state index in [2.05, 4.69) is 5.32 Å². The number of hydrogen-bond donors (Lipinski definition) is 1. The smallest absolute Gasteiger partial charge is 0.312 e. The summed E-state index contributed by atoms with van der Waals surface area (Å²) in [5.41, 5.74) is 1.47. The van der Waals surface area contributed by atoms with E-state index in [1.807, 2.05) is 13.0 Å². The molecule has 32 heavy (non-hydrogen) atoms. The molecule has 0 bridgehead atoms.